The number of benzene rings is 3. The maximum atomic E-state index is 12.6. The van der Waals surface area contributed by atoms with Crippen LogP contribution in [0.15, 0.2) is 71.6 Å². The van der Waals surface area contributed by atoms with E-state index in [0.717, 1.165) is 24.0 Å². The first kappa shape index (κ1) is 22.2. The van der Waals surface area contributed by atoms with Gasteiger partial charge in [0.05, 0.1) is 20.5 Å². The number of halogens is 2. The predicted octanol–water partition coefficient (Wildman–Crippen LogP) is 5.32. The summed E-state index contributed by atoms with van der Waals surface area (Å²) in [5, 5.41) is 13.1. The molecular formula is C22H19Cl2NO4S. The second-order valence-corrected chi connectivity index (χ2v) is 9.45. The Balaban J connectivity index is 1.62. The summed E-state index contributed by atoms with van der Waals surface area (Å²) in [6.45, 7) is 0. The van der Waals surface area contributed by atoms with Gasteiger partial charge in [-0.2, -0.15) is 0 Å². The van der Waals surface area contributed by atoms with Crippen molar-refractivity contribution in [1.82, 2.24) is 0 Å². The Labute approximate surface area is 185 Å². The van der Waals surface area contributed by atoms with E-state index >= 15 is 0 Å². The molecule has 0 bridgehead atoms. The fourth-order valence-corrected chi connectivity index (χ4v) is 4.55. The molecule has 0 aromatic heterocycles. The van der Waals surface area contributed by atoms with Crippen LogP contribution in [0.3, 0.4) is 0 Å². The number of carboxylic acids is 1. The van der Waals surface area contributed by atoms with Gasteiger partial charge in [-0.3, -0.25) is 0 Å². The number of carboxylic acid groups (broad SMARTS) is 1. The Kier molecular flexibility index (Phi) is 7.02. The maximum Gasteiger partial charge on any atom is 0.337 e. The van der Waals surface area contributed by atoms with Crippen molar-refractivity contribution >= 4 is 44.7 Å². The van der Waals surface area contributed by atoms with Crippen molar-refractivity contribution in [3.05, 3.63) is 93.5 Å². The summed E-state index contributed by atoms with van der Waals surface area (Å²) in [5.41, 5.74) is 2.56. The minimum absolute atomic E-state index is 0.205. The lowest BCUT2D eigenvalue weighted by Crippen LogP contribution is -2.17. The third-order valence-electron chi connectivity index (χ3n) is 4.56. The third-order valence-corrected chi connectivity index (χ3v) is 6.85. The summed E-state index contributed by atoms with van der Waals surface area (Å²) in [7, 11) is -3.81. The molecule has 5 nitrogen and oxygen atoms in total. The molecule has 0 saturated heterocycles. The fraction of sp³-hybridized carbons (Fsp3) is 0.136. The van der Waals surface area contributed by atoms with Gasteiger partial charge in [-0.25, -0.2) is 13.2 Å². The van der Waals surface area contributed by atoms with Crippen molar-refractivity contribution in [2.45, 2.75) is 17.7 Å². The van der Waals surface area contributed by atoms with Crippen LogP contribution in [0.25, 0.3) is 0 Å². The van der Waals surface area contributed by atoms with Crippen molar-refractivity contribution in [2.24, 2.45) is 0 Å². The zero-order valence-electron chi connectivity index (χ0n) is 15.8. The smallest absolute Gasteiger partial charge is 0.337 e. The average Bonchev–Trinajstić information content (AvgIpc) is 2.74. The van der Waals surface area contributed by atoms with Gasteiger partial charge >= 0.3 is 5.97 Å². The lowest BCUT2D eigenvalue weighted by atomic mass is 10.0. The highest BCUT2D eigenvalue weighted by Gasteiger charge is 2.21. The van der Waals surface area contributed by atoms with E-state index in [1.54, 1.807) is 18.2 Å². The number of anilines is 1. The van der Waals surface area contributed by atoms with Crippen molar-refractivity contribution < 1.29 is 18.3 Å². The summed E-state index contributed by atoms with van der Waals surface area (Å²) in [4.78, 5) is 11.1. The first-order valence-corrected chi connectivity index (χ1v) is 11.5. The number of hydrogen-bond acceptors (Lipinski definition) is 4. The van der Waals surface area contributed by atoms with Gasteiger partial charge in [-0.05, 0) is 60.4 Å². The van der Waals surface area contributed by atoms with E-state index in [9.17, 15) is 18.3 Å². The Morgan fingerprint density at radius 3 is 2.17 bits per heavy atom. The van der Waals surface area contributed by atoms with Crippen molar-refractivity contribution in [2.75, 3.05) is 11.2 Å². The first-order chi connectivity index (χ1) is 14.3. The van der Waals surface area contributed by atoms with E-state index in [1.165, 1.54) is 24.3 Å². The van der Waals surface area contributed by atoms with Gasteiger partial charge in [0, 0.05) is 5.69 Å². The highest BCUT2D eigenvalue weighted by Crippen LogP contribution is 2.23. The molecule has 0 atom stereocenters. The van der Waals surface area contributed by atoms with Gasteiger partial charge in [0.25, 0.3) is 0 Å². The molecule has 30 heavy (non-hydrogen) atoms. The molecule has 2 N–H and O–H groups in total. The quantitative estimate of drug-likeness (QED) is 0.472. The van der Waals surface area contributed by atoms with Crippen LogP contribution in [-0.2, 0) is 22.7 Å². The van der Waals surface area contributed by atoms with Crippen LogP contribution in [0.4, 0.5) is 5.69 Å². The van der Waals surface area contributed by atoms with E-state index in [2.05, 4.69) is 5.32 Å². The standard InChI is InChI=1S/C22H19Cl2NO4S/c23-19-12-9-16(13-20(19)24)6-5-15-7-10-17(11-8-15)25-14-30(28,29)21-4-2-1-3-18(21)22(26)27/h1-4,7-13,25H,5-6,14H2,(H,26,27). The average molecular weight is 464 g/mol. The molecule has 0 aliphatic rings. The Morgan fingerprint density at radius 1 is 0.867 bits per heavy atom. The van der Waals surface area contributed by atoms with Crippen LogP contribution < -0.4 is 5.32 Å². The molecule has 0 spiro atoms. The van der Waals surface area contributed by atoms with E-state index in [1.807, 2.05) is 24.3 Å². The summed E-state index contributed by atoms with van der Waals surface area (Å²) < 4.78 is 25.1. The van der Waals surface area contributed by atoms with Crippen LogP contribution in [0.2, 0.25) is 10.0 Å². The molecule has 8 heteroatoms. The Bertz CT molecular complexity index is 1160. The number of nitrogens with one attached hydrogen (secondary N) is 1. The summed E-state index contributed by atoms with van der Waals surface area (Å²) in [6.07, 6.45) is 1.59. The number of aryl methyl sites for hydroxylation is 2. The minimum atomic E-state index is -3.81. The summed E-state index contributed by atoms with van der Waals surface area (Å²) in [5.74, 6) is -1.68. The van der Waals surface area contributed by atoms with Gasteiger partial charge in [-0.1, -0.05) is 53.5 Å². The number of hydrogen-bond donors (Lipinski definition) is 2. The molecular weight excluding hydrogens is 445 g/mol. The van der Waals surface area contributed by atoms with E-state index in [4.69, 9.17) is 23.2 Å². The number of aromatic carboxylic acids is 1. The van der Waals surface area contributed by atoms with Gasteiger partial charge in [0.1, 0.15) is 5.88 Å². The van der Waals surface area contributed by atoms with Crippen LogP contribution in [-0.4, -0.2) is 25.4 Å². The zero-order chi connectivity index (χ0) is 21.7. The molecule has 0 amide bonds. The molecule has 0 fully saturated rings. The molecule has 0 radical (unpaired) electrons. The molecule has 3 rings (SSSR count). The zero-order valence-corrected chi connectivity index (χ0v) is 18.1. The molecule has 0 unspecified atom stereocenters. The van der Waals surface area contributed by atoms with E-state index in [-0.39, 0.29) is 10.5 Å². The molecule has 156 valence electrons. The lowest BCUT2D eigenvalue weighted by Gasteiger charge is -2.11. The van der Waals surface area contributed by atoms with Crippen molar-refractivity contribution in [3.63, 3.8) is 0 Å². The van der Waals surface area contributed by atoms with E-state index in [0.29, 0.717) is 15.7 Å². The van der Waals surface area contributed by atoms with Crippen LogP contribution in [0.1, 0.15) is 21.5 Å². The topological polar surface area (TPSA) is 83.5 Å². The second-order valence-electron chi connectivity index (χ2n) is 6.68. The molecule has 0 aliphatic heterocycles. The van der Waals surface area contributed by atoms with Gasteiger partial charge in [0.2, 0.25) is 0 Å². The largest absolute Gasteiger partial charge is 0.478 e. The van der Waals surface area contributed by atoms with Crippen molar-refractivity contribution in [1.29, 1.82) is 0 Å². The number of carbonyl (C=O) groups is 1. The van der Waals surface area contributed by atoms with Gasteiger partial charge in [0.15, 0.2) is 9.84 Å². The Morgan fingerprint density at radius 2 is 1.50 bits per heavy atom. The second kappa shape index (κ2) is 9.51. The SMILES string of the molecule is O=C(O)c1ccccc1S(=O)(=O)CNc1ccc(CCc2ccc(Cl)c(Cl)c2)cc1. The van der Waals surface area contributed by atoms with E-state index < -0.39 is 21.7 Å². The normalized spacial score (nSPS) is 11.3. The molecule has 3 aromatic rings. The molecule has 3 aromatic carbocycles. The third kappa shape index (κ3) is 5.53. The highest BCUT2D eigenvalue weighted by atomic mass is 35.5. The molecule has 0 saturated carbocycles. The van der Waals surface area contributed by atoms with Crippen LogP contribution >= 0.6 is 23.2 Å². The highest BCUT2D eigenvalue weighted by molar-refractivity contribution is 7.91. The van der Waals surface area contributed by atoms with Crippen LogP contribution in [0, 0.1) is 0 Å². The maximum absolute atomic E-state index is 12.6. The summed E-state index contributed by atoms with van der Waals surface area (Å²) in [6, 6.07) is 18.5. The molecule has 0 heterocycles. The first-order valence-electron chi connectivity index (χ1n) is 9.08. The van der Waals surface area contributed by atoms with Gasteiger partial charge in [-0.15, -0.1) is 0 Å². The number of rotatable bonds is 8. The monoisotopic (exact) mass is 463 g/mol. The Hall–Kier alpha value is -2.54. The summed E-state index contributed by atoms with van der Waals surface area (Å²) >= 11 is 12.0. The lowest BCUT2D eigenvalue weighted by molar-refractivity contribution is 0.0692. The van der Waals surface area contributed by atoms with Crippen molar-refractivity contribution in [3.8, 4) is 0 Å². The fourth-order valence-electron chi connectivity index (χ4n) is 2.94. The van der Waals surface area contributed by atoms with Gasteiger partial charge < -0.3 is 10.4 Å². The molecule has 0 aliphatic carbocycles. The number of sulfone groups is 1. The van der Waals surface area contributed by atoms with Crippen LogP contribution in [0.5, 0.6) is 0 Å². The predicted molar refractivity (Wildman–Crippen MR) is 119 cm³/mol. The minimum Gasteiger partial charge on any atom is -0.478 e.